The number of halogens is 2. The summed E-state index contributed by atoms with van der Waals surface area (Å²) >= 11 is 4.51. The number of carbonyl (C=O) groups excluding carboxylic acids is 1. The van der Waals surface area contributed by atoms with Crippen LogP contribution in [0, 0.1) is 7.14 Å². The van der Waals surface area contributed by atoms with Crippen LogP contribution in [0.25, 0.3) is 0 Å². The normalized spacial score (nSPS) is 10.7. The number of hydrogen-bond donors (Lipinski definition) is 1. The molecule has 0 heterocycles. The first kappa shape index (κ1) is 17.2. The molecule has 0 saturated heterocycles. The molecule has 0 spiro atoms. The lowest BCUT2D eigenvalue weighted by molar-refractivity contribution is -0.120. The molecule has 2 aromatic rings. The second-order valence-corrected chi connectivity index (χ2v) is 6.90. The number of carbonyl (C=O) groups is 1. The molecule has 22 heavy (non-hydrogen) atoms. The van der Waals surface area contributed by atoms with E-state index in [-0.39, 0.29) is 12.3 Å². The van der Waals surface area contributed by atoms with Crippen molar-refractivity contribution in [3.05, 3.63) is 60.7 Å². The summed E-state index contributed by atoms with van der Waals surface area (Å²) in [7, 11) is 1.60. The van der Waals surface area contributed by atoms with Crippen molar-refractivity contribution in [2.24, 2.45) is 5.10 Å². The van der Waals surface area contributed by atoms with E-state index in [1.165, 1.54) is 3.57 Å². The van der Waals surface area contributed by atoms with E-state index in [0.29, 0.717) is 0 Å². The van der Waals surface area contributed by atoms with Gasteiger partial charge in [-0.2, -0.15) is 5.10 Å². The van der Waals surface area contributed by atoms with Gasteiger partial charge in [0.2, 0.25) is 5.91 Å². The third kappa shape index (κ3) is 5.24. The molecule has 0 atom stereocenters. The predicted octanol–water partition coefficient (Wildman–Crippen LogP) is 3.60. The minimum atomic E-state index is -0.162. The number of amides is 1. The number of hydrogen-bond acceptors (Lipinski definition) is 3. The Bertz CT molecular complexity index is 702. The summed E-state index contributed by atoms with van der Waals surface area (Å²) in [5, 5.41) is 4.01. The zero-order chi connectivity index (χ0) is 15.9. The van der Waals surface area contributed by atoms with Crippen molar-refractivity contribution >= 4 is 57.3 Å². The van der Waals surface area contributed by atoms with Gasteiger partial charge in [-0.1, -0.05) is 18.2 Å². The third-order valence-electron chi connectivity index (χ3n) is 2.85. The molecule has 0 unspecified atom stereocenters. The van der Waals surface area contributed by atoms with Gasteiger partial charge in [0.1, 0.15) is 5.75 Å². The molecule has 0 aliphatic heterocycles. The van der Waals surface area contributed by atoms with Gasteiger partial charge in [-0.3, -0.25) is 4.79 Å². The van der Waals surface area contributed by atoms with Gasteiger partial charge < -0.3 is 4.74 Å². The molecule has 6 heteroatoms. The molecule has 0 fully saturated rings. The number of ether oxygens (including phenoxy) is 1. The highest BCUT2D eigenvalue weighted by atomic mass is 127. The van der Waals surface area contributed by atoms with Crippen molar-refractivity contribution < 1.29 is 9.53 Å². The number of nitrogens with one attached hydrogen (secondary N) is 1. The summed E-state index contributed by atoms with van der Waals surface area (Å²) < 4.78 is 7.40. The molecular formula is C16H14I2N2O2. The Hall–Kier alpha value is -1.16. The summed E-state index contributed by atoms with van der Waals surface area (Å²) in [6.07, 6.45) is 1.92. The smallest absolute Gasteiger partial charge is 0.244 e. The largest absolute Gasteiger partial charge is 0.497 e. The first-order valence-corrected chi connectivity index (χ1v) is 8.64. The minimum absolute atomic E-state index is 0.162. The Labute approximate surface area is 156 Å². The highest BCUT2D eigenvalue weighted by Gasteiger charge is 2.03. The maximum Gasteiger partial charge on any atom is 0.244 e. The lowest BCUT2D eigenvalue weighted by Crippen LogP contribution is -2.19. The fourth-order valence-corrected chi connectivity index (χ4v) is 3.53. The molecule has 0 bridgehead atoms. The molecule has 2 aromatic carbocycles. The molecule has 2 rings (SSSR count). The molecule has 1 N–H and O–H groups in total. The van der Waals surface area contributed by atoms with Crippen LogP contribution < -0.4 is 10.2 Å². The number of methoxy groups -OCH3 is 1. The first-order valence-electron chi connectivity index (χ1n) is 6.48. The summed E-state index contributed by atoms with van der Waals surface area (Å²) in [6, 6.07) is 13.5. The van der Waals surface area contributed by atoms with Gasteiger partial charge in [-0.05, 0) is 75.0 Å². The second kappa shape index (κ2) is 8.47. The Morgan fingerprint density at radius 1 is 1.27 bits per heavy atom. The number of benzene rings is 2. The van der Waals surface area contributed by atoms with Crippen LogP contribution in [0.15, 0.2) is 47.6 Å². The number of hydrazone groups is 1. The van der Waals surface area contributed by atoms with Crippen LogP contribution in [0.3, 0.4) is 0 Å². The van der Waals surface area contributed by atoms with Crippen molar-refractivity contribution in [2.75, 3.05) is 7.11 Å². The van der Waals surface area contributed by atoms with Crippen molar-refractivity contribution in [2.45, 2.75) is 6.42 Å². The first-order chi connectivity index (χ1) is 10.6. The number of nitrogens with zero attached hydrogens (tertiary/aromatic N) is 1. The monoisotopic (exact) mass is 520 g/mol. The summed E-state index contributed by atoms with van der Waals surface area (Å²) in [5.41, 5.74) is 4.40. The maximum absolute atomic E-state index is 11.9. The number of rotatable bonds is 5. The molecule has 0 radical (unpaired) electrons. The van der Waals surface area contributed by atoms with Gasteiger partial charge in [-0.15, -0.1) is 0 Å². The van der Waals surface area contributed by atoms with E-state index in [9.17, 15) is 4.79 Å². The summed E-state index contributed by atoms with van der Waals surface area (Å²) in [6.45, 7) is 0. The maximum atomic E-state index is 11.9. The third-order valence-corrected chi connectivity index (χ3v) is 4.46. The van der Waals surface area contributed by atoms with Crippen LogP contribution in [0.5, 0.6) is 5.75 Å². The fraction of sp³-hybridized carbons (Fsp3) is 0.125. The average Bonchev–Trinajstić information content (AvgIpc) is 2.49. The molecule has 0 saturated carbocycles. The Kier molecular flexibility index (Phi) is 6.62. The SMILES string of the molecule is COc1cccc(CC(=O)N/N=C/c2ccc(I)cc2I)c1. The molecule has 114 valence electrons. The van der Waals surface area contributed by atoms with Crippen LogP contribution in [0.4, 0.5) is 0 Å². The van der Waals surface area contributed by atoms with Crippen molar-refractivity contribution in [3.8, 4) is 5.75 Å². The Morgan fingerprint density at radius 2 is 2.09 bits per heavy atom. The molecule has 1 amide bonds. The predicted molar refractivity (Wildman–Crippen MR) is 104 cm³/mol. The van der Waals surface area contributed by atoms with Crippen LogP contribution in [0.2, 0.25) is 0 Å². The van der Waals surface area contributed by atoms with Crippen LogP contribution in [-0.2, 0) is 11.2 Å². The van der Waals surface area contributed by atoms with Gasteiger partial charge in [-0.25, -0.2) is 5.43 Å². The van der Waals surface area contributed by atoms with Crippen LogP contribution >= 0.6 is 45.2 Å². The summed E-state index contributed by atoms with van der Waals surface area (Å²) in [5.74, 6) is 0.576. The van der Waals surface area contributed by atoms with E-state index in [0.717, 1.165) is 20.4 Å². The molecule has 0 aromatic heterocycles. The lowest BCUT2D eigenvalue weighted by atomic mass is 10.1. The highest BCUT2D eigenvalue weighted by molar-refractivity contribution is 14.1. The van der Waals surface area contributed by atoms with Gasteiger partial charge in [0, 0.05) is 12.7 Å². The fourth-order valence-electron chi connectivity index (χ4n) is 1.79. The van der Waals surface area contributed by atoms with Gasteiger partial charge >= 0.3 is 0 Å². The van der Waals surface area contributed by atoms with Crippen molar-refractivity contribution in [1.82, 2.24) is 5.43 Å². The van der Waals surface area contributed by atoms with Gasteiger partial charge in [0.05, 0.1) is 19.7 Å². The second-order valence-electron chi connectivity index (χ2n) is 4.49. The quantitative estimate of drug-likeness (QED) is 0.373. The van der Waals surface area contributed by atoms with E-state index >= 15 is 0 Å². The average molecular weight is 520 g/mol. The zero-order valence-corrected chi connectivity index (χ0v) is 16.2. The van der Waals surface area contributed by atoms with E-state index in [4.69, 9.17) is 4.74 Å². The Morgan fingerprint density at radius 3 is 2.82 bits per heavy atom. The lowest BCUT2D eigenvalue weighted by Gasteiger charge is -2.04. The van der Waals surface area contributed by atoms with E-state index < -0.39 is 0 Å². The van der Waals surface area contributed by atoms with Crippen LogP contribution in [-0.4, -0.2) is 19.2 Å². The molecule has 0 aliphatic carbocycles. The Balaban J connectivity index is 1.93. The van der Waals surface area contributed by atoms with Gasteiger partial charge in [0.15, 0.2) is 0 Å². The van der Waals surface area contributed by atoms with Crippen molar-refractivity contribution in [3.63, 3.8) is 0 Å². The van der Waals surface area contributed by atoms with E-state index in [1.54, 1.807) is 13.3 Å². The van der Waals surface area contributed by atoms with E-state index in [1.807, 2.05) is 36.4 Å². The standard InChI is InChI=1S/C16H14I2N2O2/c1-22-14-4-2-3-11(7-14)8-16(21)20-19-10-12-5-6-13(17)9-15(12)18/h2-7,9-10H,8H2,1H3,(H,20,21)/b19-10+. The minimum Gasteiger partial charge on any atom is -0.497 e. The highest BCUT2D eigenvalue weighted by Crippen LogP contribution is 2.14. The molecular weight excluding hydrogens is 506 g/mol. The molecule has 4 nitrogen and oxygen atoms in total. The van der Waals surface area contributed by atoms with Gasteiger partial charge in [0.25, 0.3) is 0 Å². The zero-order valence-electron chi connectivity index (χ0n) is 11.8. The van der Waals surface area contributed by atoms with E-state index in [2.05, 4.69) is 61.8 Å². The van der Waals surface area contributed by atoms with Crippen LogP contribution in [0.1, 0.15) is 11.1 Å². The molecule has 0 aliphatic rings. The summed E-state index contributed by atoms with van der Waals surface area (Å²) in [4.78, 5) is 11.9. The topological polar surface area (TPSA) is 50.7 Å². The van der Waals surface area contributed by atoms with Crippen molar-refractivity contribution in [1.29, 1.82) is 0 Å².